The van der Waals surface area contributed by atoms with E-state index in [0.717, 1.165) is 10.5 Å². The Bertz CT molecular complexity index is 2210. The third kappa shape index (κ3) is 21.3. The Balaban J connectivity index is 2.76. The van der Waals surface area contributed by atoms with Crippen LogP contribution >= 0.6 is 0 Å². The zero-order chi connectivity index (χ0) is 55.3. The molecule has 7 amide bonds. The van der Waals surface area contributed by atoms with E-state index in [0.29, 0.717) is 12.0 Å². The molecule has 22 nitrogen and oxygen atoms in total. The molecule has 73 heavy (non-hydrogen) atoms. The van der Waals surface area contributed by atoms with Gasteiger partial charge in [0.15, 0.2) is 5.96 Å². The van der Waals surface area contributed by atoms with Gasteiger partial charge in [0.2, 0.25) is 35.4 Å². The van der Waals surface area contributed by atoms with E-state index in [2.05, 4.69) is 43.5 Å². The van der Waals surface area contributed by atoms with Crippen molar-refractivity contribution in [3.63, 3.8) is 0 Å². The molecule has 0 radical (unpaired) electrons. The number of carboxylic acids is 2. The van der Waals surface area contributed by atoms with E-state index >= 15 is 0 Å². The topological polar surface area (TPSA) is 354 Å². The van der Waals surface area contributed by atoms with Gasteiger partial charge in [0.25, 0.3) is 5.91 Å². The number of aliphatic hydroxyl groups is 1. The lowest BCUT2D eigenvalue weighted by Crippen LogP contribution is -2.59. The third-order valence-electron chi connectivity index (χ3n) is 12.3. The second-order valence-corrected chi connectivity index (χ2v) is 19.5. The predicted molar refractivity (Wildman–Crippen MR) is 273 cm³/mol. The van der Waals surface area contributed by atoms with Gasteiger partial charge in [0.05, 0.1) is 24.0 Å². The van der Waals surface area contributed by atoms with Gasteiger partial charge in [-0.15, -0.1) is 0 Å². The van der Waals surface area contributed by atoms with Crippen molar-refractivity contribution >= 4 is 59.2 Å². The van der Waals surface area contributed by atoms with Gasteiger partial charge < -0.3 is 63.6 Å². The molecule has 1 aliphatic heterocycles. The van der Waals surface area contributed by atoms with Gasteiger partial charge >= 0.3 is 11.9 Å². The number of carbonyl (C=O) groups excluding carboxylic acids is 7. The Morgan fingerprint density at radius 3 is 1.89 bits per heavy atom. The lowest BCUT2D eigenvalue weighted by atomic mass is 9.94. The van der Waals surface area contributed by atoms with Crippen LogP contribution in [-0.2, 0) is 49.6 Å². The van der Waals surface area contributed by atoms with Crippen LogP contribution < -0.4 is 43.4 Å². The number of nitrogens with zero attached hydrogens (tertiary/aromatic N) is 2. The SMILES string of the molecule is C=C1C(=O)N[C@H](CC(C)C)C(=O)N[C@@H](CC(C)C)C(=O)N[C@@H](C(=O)O)[C@H](C)C(=O)N[C@@H](CCCN=C(N)N)C(=O)N[C@@H](/C=C/C(C)=C/[C@H](C)[C@@H](O)Cc2ccccc2)[C@H](C)C(=O)N[C@@H](C(=O)O)CCC(=O)N1C. The van der Waals surface area contributed by atoms with Crippen LogP contribution in [0, 0.1) is 29.6 Å². The van der Waals surface area contributed by atoms with Crippen molar-refractivity contribution in [2.45, 2.75) is 143 Å². The Labute approximate surface area is 427 Å². The van der Waals surface area contributed by atoms with Gasteiger partial charge in [0, 0.05) is 25.9 Å². The molecule has 1 aliphatic rings. The highest BCUT2D eigenvalue weighted by atomic mass is 16.4. The van der Waals surface area contributed by atoms with Gasteiger partial charge in [-0.3, -0.25) is 38.6 Å². The van der Waals surface area contributed by atoms with E-state index in [4.69, 9.17) is 11.5 Å². The Hall–Kier alpha value is -7.10. The number of hydrogen-bond acceptors (Lipinski definition) is 11. The van der Waals surface area contributed by atoms with E-state index < -0.39 is 126 Å². The summed E-state index contributed by atoms with van der Waals surface area (Å²) in [4.78, 5) is 127. The number of amides is 7. The van der Waals surface area contributed by atoms with Gasteiger partial charge in [-0.1, -0.05) is 109 Å². The molecular weight excluding hydrogens is 945 g/mol. The van der Waals surface area contributed by atoms with Gasteiger partial charge in [-0.05, 0) is 62.8 Å². The van der Waals surface area contributed by atoms with Crippen molar-refractivity contribution in [1.82, 2.24) is 36.8 Å². The number of nitrogens with two attached hydrogens (primary N) is 2. The summed E-state index contributed by atoms with van der Waals surface area (Å²) in [6.07, 6.45) is 3.58. The number of nitrogens with one attached hydrogen (secondary N) is 6. The first kappa shape index (κ1) is 62.0. The molecule has 1 fully saturated rings. The number of likely N-dealkylation sites (N-methyl/N-ethyl adjacent to an activating group) is 1. The summed E-state index contributed by atoms with van der Waals surface area (Å²) < 4.78 is 0. The monoisotopic (exact) mass is 1020 g/mol. The zero-order valence-corrected chi connectivity index (χ0v) is 43.5. The molecule has 0 saturated carbocycles. The lowest BCUT2D eigenvalue weighted by molar-refractivity contribution is -0.146. The summed E-state index contributed by atoms with van der Waals surface area (Å²) in [5.41, 5.74) is 12.2. The number of carboxylic acid groups (broad SMARTS) is 2. The minimum atomic E-state index is -1.90. The van der Waals surface area contributed by atoms with Crippen LogP contribution in [-0.4, -0.2) is 135 Å². The molecule has 0 aliphatic carbocycles. The highest BCUT2D eigenvalue weighted by Gasteiger charge is 2.38. The Morgan fingerprint density at radius 1 is 0.781 bits per heavy atom. The molecule has 10 atom stereocenters. The summed E-state index contributed by atoms with van der Waals surface area (Å²) in [5.74, 6) is -13.1. The fourth-order valence-electron chi connectivity index (χ4n) is 7.75. The summed E-state index contributed by atoms with van der Waals surface area (Å²) in [5, 5.41) is 46.9. The van der Waals surface area contributed by atoms with Crippen molar-refractivity contribution in [3.8, 4) is 0 Å². The number of aliphatic hydroxyl groups excluding tert-OH is 1. The standard InChI is InChI=1S/C51H78N10O12/c1-27(2)23-38-47(68)59-39(24-28(3)4)48(69)60-42(50(72)73)32(8)44(65)56-36(17-14-22-54-51(52)53)46(67)55-35(19-18-29(5)25-30(6)40(62)26-34-15-12-11-13-16-34)31(7)43(64)57-37(49(70)71)20-21-41(63)61(10)33(9)45(66)58-38/h11-13,15-16,18-19,25,27-28,30-32,35-40,42,62H,9,14,17,20-24,26H2,1-8,10H3,(H,55,67)(H,56,65)(H,57,64)(H,58,66)(H,59,68)(H,60,69)(H,70,71)(H,72,73)(H4,52,53,54)/b19-18+,29-25+/t30-,31-,32-,35-,36-,37+,38+,39-,40-,42+/m0/s1. The smallest absolute Gasteiger partial charge is 0.327 e. The Kier molecular flexibility index (Phi) is 25.5. The molecule has 1 aromatic rings. The van der Waals surface area contributed by atoms with Crippen molar-refractivity contribution in [2.75, 3.05) is 13.6 Å². The van der Waals surface area contributed by atoms with Crippen molar-refractivity contribution in [2.24, 2.45) is 46.0 Å². The normalized spacial score (nSPS) is 25.0. The van der Waals surface area contributed by atoms with E-state index in [9.17, 15) is 58.5 Å². The third-order valence-corrected chi connectivity index (χ3v) is 12.3. The maximum absolute atomic E-state index is 14.4. The number of benzene rings is 1. The van der Waals surface area contributed by atoms with Gasteiger partial charge in [0.1, 0.15) is 35.9 Å². The maximum atomic E-state index is 14.4. The van der Waals surface area contributed by atoms with Crippen molar-refractivity contribution in [3.05, 3.63) is 72.0 Å². The molecule has 0 spiro atoms. The van der Waals surface area contributed by atoms with Gasteiger partial charge in [-0.2, -0.15) is 0 Å². The average Bonchev–Trinajstić information content (AvgIpc) is 3.31. The molecule has 0 bridgehead atoms. The minimum Gasteiger partial charge on any atom is -0.480 e. The molecular formula is C51H78N10O12. The first-order valence-corrected chi connectivity index (χ1v) is 24.5. The van der Waals surface area contributed by atoms with Gasteiger partial charge in [-0.25, -0.2) is 9.59 Å². The number of guanidine groups is 1. The fourth-order valence-corrected chi connectivity index (χ4v) is 7.75. The van der Waals surface area contributed by atoms with Crippen LogP contribution in [0.25, 0.3) is 0 Å². The highest BCUT2D eigenvalue weighted by Crippen LogP contribution is 2.18. The van der Waals surface area contributed by atoms with Crippen molar-refractivity contribution in [1.29, 1.82) is 0 Å². The van der Waals surface area contributed by atoms with Crippen LogP contribution in [0.15, 0.2) is 71.4 Å². The molecule has 1 heterocycles. The second-order valence-electron chi connectivity index (χ2n) is 19.5. The Morgan fingerprint density at radius 2 is 1.33 bits per heavy atom. The molecule has 1 saturated heterocycles. The van der Waals surface area contributed by atoms with Crippen LogP contribution in [0.4, 0.5) is 0 Å². The number of rotatable bonds is 16. The molecule has 404 valence electrons. The van der Waals surface area contributed by atoms with E-state index in [-0.39, 0.29) is 55.9 Å². The highest BCUT2D eigenvalue weighted by molar-refractivity contribution is 6.00. The van der Waals surface area contributed by atoms with E-state index in [1.165, 1.54) is 27.0 Å². The number of hydrogen-bond donors (Lipinski definition) is 11. The predicted octanol–water partition coefficient (Wildman–Crippen LogP) is 0.991. The number of aliphatic carboxylic acids is 2. The summed E-state index contributed by atoms with van der Waals surface area (Å²) in [6, 6.07) is 0.557. The first-order chi connectivity index (χ1) is 34.1. The molecule has 0 unspecified atom stereocenters. The van der Waals surface area contributed by atoms with Crippen LogP contribution in [0.5, 0.6) is 0 Å². The molecule has 22 heteroatoms. The largest absolute Gasteiger partial charge is 0.480 e. The fraction of sp³-hybridized carbons (Fsp3) is 0.569. The van der Waals surface area contributed by atoms with Crippen LogP contribution in [0.3, 0.4) is 0 Å². The number of aliphatic imine (C=N–C) groups is 1. The molecule has 2 rings (SSSR count). The molecule has 0 aromatic heterocycles. The van der Waals surface area contributed by atoms with E-state index in [1.807, 2.05) is 37.3 Å². The second kappa shape index (κ2) is 30.1. The van der Waals surface area contributed by atoms with Crippen LogP contribution in [0.2, 0.25) is 0 Å². The molecule has 1 aromatic carbocycles. The zero-order valence-electron chi connectivity index (χ0n) is 43.5. The number of allylic oxidation sites excluding steroid dienone is 2. The quantitative estimate of drug-likeness (QED) is 0.0362. The minimum absolute atomic E-state index is 0.00209. The maximum Gasteiger partial charge on any atom is 0.327 e. The first-order valence-electron chi connectivity index (χ1n) is 24.5. The van der Waals surface area contributed by atoms with E-state index in [1.54, 1.807) is 46.8 Å². The average molecular weight is 1020 g/mol. The molecule has 13 N–H and O–H groups in total. The number of carbonyl (C=O) groups is 9. The lowest BCUT2D eigenvalue weighted by Gasteiger charge is -2.29. The summed E-state index contributed by atoms with van der Waals surface area (Å²) in [7, 11) is 1.22. The van der Waals surface area contributed by atoms with Crippen molar-refractivity contribution < 1.29 is 58.5 Å². The summed E-state index contributed by atoms with van der Waals surface area (Å²) >= 11 is 0. The van der Waals surface area contributed by atoms with Crippen LogP contribution in [0.1, 0.15) is 99.5 Å². The summed E-state index contributed by atoms with van der Waals surface area (Å²) in [6.45, 7) is 17.0.